The van der Waals surface area contributed by atoms with Gasteiger partial charge in [-0.1, -0.05) is 54.1 Å². The zero-order chi connectivity index (χ0) is 14.2. The van der Waals surface area contributed by atoms with Crippen molar-refractivity contribution in [2.75, 3.05) is 4.90 Å². The number of aryl methyl sites for hydroxylation is 1. The minimum absolute atomic E-state index is 0.846. The molecule has 0 amide bonds. The van der Waals surface area contributed by atoms with Gasteiger partial charge >= 0.3 is 0 Å². The van der Waals surface area contributed by atoms with Crippen molar-refractivity contribution in [1.82, 2.24) is 0 Å². The normalized spacial score (nSPS) is 12.9. The second-order valence-corrected chi connectivity index (χ2v) is 5.51. The van der Waals surface area contributed by atoms with Gasteiger partial charge in [-0.25, -0.2) is 4.99 Å². The molecule has 0 spiro atoms. The highest BCUT2D eigenvalue weighted by Gasteiger charge is 2.15. The molecule has 0 atom stereocenters. The molecule has 1 aliphatic heterocycles. The lowest BCUT2D eigenvalue weighted by molar-refractivity contribution is 1.02. The first-order chi connectivity index (χ1) is 10.3. The van der Waals surface area contributed by atoms with Crippen molar-refractivity contribution < 1.29 is 0 Å². The van der Waals surface area contributed by atoms with Crippen molar-refractivity contribution in [3.63, 3.8) is 0 Å². The molecule has 0 saturated heterocycles. The topological polar surface area (TPSA) is 15.6 Å². The molecule has 102 valence electrons. The van der Waals surface area contributed by atoms with Gasteiger partial charge in [0.25, 0.3) is 0 Å². The second kappa shape index (κ2) is 4.74. The van der Waals surface area contributed by atoms with Crippen LogP contribution in [0.2, 0.25) is 0 Å². The van der Waals surface area contributed by atoms with Gasteiger partial charge in [-0.2, -0.15) is 0 Å². The molecule has 1 aliphatic rings. The Morgan fingerprint density at radius 2 is 1.76 bits per heavy atom. The van der Waals surface area contributed by atoms with E-state index in [0.29, 0.717) is 0 Å². The molecular formula is C19H16N2. The third kappa shape index (κ3) is 2.09. The van der Waals surface area contributed by atoms with Gasteiger partial charge in [0.05, 0.1) is 17.7 Å². The van der Waals surface area contributed by atoms with E-state index in [1.807, 2.05) is 6.34 Å². The maximum absolute atomic E-state index is 4.61. The summed E-state index contributed by atoms with van der Waals surface area (Å²) in [4.78, 5) is 6.84. The molecule has 2 heteroatoms. The molecular weight excluding hydrogens is 256 g/mol. The van der Waals surface area contributed by atoms with E-state index in [2.05, 4.69) is 77.5 Å². The first-order valence-electron chi connectivity index (χ1n) is 7.19. The minimum atomic E-state index is 0.846. The molecule has 0 bridgehead atoms. The fourth-order valence-electron chi connectivity index (χ4n) is 2.98. The van der Waals surface area contributed by atoms with E-state index in [0.717, 1.165) is 12.2 Å². The Labute approximate surface area is 124 Å². The maximum atomic E-state index is 4.61. The highest BCUT2D eigenvalue weighted by atomic mass is 15.2. The van der Waals surface area contributed by atoms with Gasteiger partial charge in [-0.05, 0) is 30.0 Å². The molecule has 3 aromatic carbocycles. The summed E-state index contributed by atoms with van der Waals surface area (Å²) in [7, 11) is 0. The molecule has 3 aromatic rings. The van der Waals surface area contributed by atoms with E-state index in [-0.39, 0.29) is 0 Å². The summed E-state index contributed by atoms with van der Waals surface area (Å²) in [6, 6.07) is 21.4. The van der Waals surface area contributed by atoms with Gasteiger partial charge in [-0.15, -0.1) is 0 Å². The average Bonchev–Trinajstić information content (AvgIpc) is 2.50. The van der Waals surface area contributed by atoms with E-state index < -0.39 is 0 Å². The number of anilines is 1. The van der Waals surface area contributed by atoms with E-state index in [1.54, 1.807) is 0 Å². The fraction of sp³-hybridized carbons (Fsp3) is 0.105. The van der Waals surface area contributed by atoms with Crippen LogP contribution in [-0.4, -0.2) is 6.34 Å². The predicted octanol–water partition coefficient (Wildman–Crippen LogP) is 4.83. The summed E-state index contributed by atoms with van der Waals surface area (Å²) >= 11 is 0. The molecule has 0 saturated carbocycles. The summed E-state index contributed by atoms with van der Waals surface area (Å²) in [5.74, 6) is 0. The van der Waals surface area contributed by atoms with Gasteiger partial charge in [0, 0.05) is 11.9 Å². The molecule has 4 rings (SSSR count). The molecule has 0 N–H and O–H groups in total. The van der Waals surface area contributed by atoms with Crippen molar-refractivity contribution in [2.24, 2.45) is 4.99 Å². The standard InChI is InChI=1S/C19H16N2/c1-14-5-2-6-15(11-14)12-21-13-20-17-9-3-7-16-8-4-10-18(21)19(16)17/h2-11,13H,12H2,1H3. The summed E-state index contributed by atoms with van der Waals surface area (Å²) in [5.41, 5.74) is 4.89. The highest BCUT2D eigenvalue weighted by Crippen LogP contribution is 2.37. The summed E-state index contributed by atoms with van der Waals surface area (Å²) < 4.78 is 0. The van der Waals surface area contributed by atoms with E-state index in [4.69, 9.17) is 0 Å². The van der Waals surface area contributed by atoms with Gasteiger partial charge in [0.1, 0.15) is 0 Å². The van der Waals surface area contributed by atoms with E-state index >= 15 is 0 Å². The summed E-state index contributed by atoms with van der Waals surface area (Å²) in [5, 5.41) is 2.49. The first-order valence-corrected chi connectivity index (χ1v) is 7.19. The fourth-order valence-corrected chi connectivity index (χ4v) is 2.98. The Kier molecular flexibility index (Phi) is 2.74. The van der Waals surface area contributed by atoms with Crippen LogP contribution in [0.25, 0.3) is 10.8 Å². The number of benzene rings is 3. The third-order valence-corrected chi connectivity index (χ3v) is 3.94. The SMILES string of the molecule is Cc1cccc(CN2C=Nc3cccc4cccc2c34)c1. The monoisotopic (exact) mass is 272 g/mol. The molecule has 0 aromatic heterocycles. The molecule has 2 nitrogen and oxygen atoms in total. The number of hydrogen-bond acceptors (Lipinski definition) is 2. The van der Waals surface area contributed by atoms with Gasteiger partial charge in [0.15, 0.2) is 0 Å². The van der Waals surface area contributed by atoms with Crippen LogP contribution >= 0.6 is 0 Å². The molecule has 21 heavy (non-hydrogen) atoms. The molecule has 0 radical (unpaired) electrons. The van der Waals surface area contributed by atoms with Crippen molar-refractivity contribution in [2.45, 2.75) is 13.5 Å². The quantitative estimate of drug-likeness (QED) is 0.652. The van der Waals surface area contributed by atoms with Crippen LogP contribution in [0, 0.1) is 6.92 Å². The van der Waals surface area contributed by atoms with Crippen LogP contribution in [0.4, 0.5) is 11.4 Å². The summed E-state index contributed by atoms with van der Waals surface area (Å²) in [6.07, 6.45) is 1.94. The largest absolute Gasteiger partial charge is 0.327 e. The number of aliphatic imine (C=N–C) groups is 1. The summed E-state index contributed by atoms with van der Waals surface area (Å²) in [6.45, 7) is 2.97. The third-order valence-electron chi connectivity index (χ3n) is 3.94. The minimum Gasteiger partial charge on any atom is -0.327 e. The van der Waals surface area contributed by atoms with Crippen LogP contribution in [-0.2, 0) is 6.54 Å². The number of hydrogen-bond donors (Lipinski definition) is 0. The smallest absolute Gasteiger partial charge is 0.0960 e. The lowest BCUT2D eigenvalue weighted by Gasteiger charge is -2.25. The Morgan fingerprint density at radius 3 is 2.62 bits per heavy atom. The number of nitrogens with zero attached hydrogens (tertiary/aromatic N) is 2. The molecule has 1 heterocycles. The van der Waals surface area contributed by atoms with Crippen molar-refractivity contribution >= 4 is 28.5 Å². The lowest BCUT2D eigenvalue weighted by atomic mass is 10.0. The molecule has 0 unspecified atom stereocenters. The van der Waals surface area contributed by atoms with E-state index in [1.165, 1.54) is 27.6 Å². The van der Waals surface area contributed by atoms with Crippen molar-refractivity contribution in [1.29, 1.82) is 0 Å². The predicted molar refractivity (Wildman–Crippen MR) is 89.5 cm³/mol. The van der Waals surface area contributed by atoms with Gasteiger partial charge < -0.3 is 4.90 Å². The maximum Gasteiger partial charge on any atom is 0.0960 e. The highest BCUT2D eigenvalue weighted by molar-refractivity contribution is 6.09. The van der Waals surface area contributed by atoms with Crippen LogP contribution < -0.4 is 4.90 Å². The lowest BCUT2D eigenvalue weighted by Crippen LogP contribution is -2.22. The van der Waals surface area contributed by atoms with E-state index in [9.17, 15) is 0 Å². The van der Waals surface area contributed by atoms with Crippen LogP contribution in [0.1, 0.15) is 11.1 Å². The zero-order valence-electron chi connectivity index (χ0n) is 12.0. The molecule has 0 fully saturated rings. The Hall–Kier alpha value is -2.61. The Balaban J connectivity index is 1.80. The molecule has 0 aliphatic carbocycles. The van der Waals surface area contributed by atoms with Crippen LogP contribution in [0.5, 0.6) is 0 Å². The first kappa shape index (κ1) is 12.2. The number of rotatable bonds is 2. The van der Waals surface area contributed by atoms with Gasteiger partial charge in [-0.3, -0.25) is 0 Å². The van der Waals surface area contributed by atoms with Crippen LogP contribution in [0.3, 0.4) is 0 Å². The second-order valence-electron chi connectivity index (χ2n) is 5.51. The van der Waals surface area contributed by atoms with Crippen LogP contribution in [0.15, 0.2) is 65.7 Å². The van der Waals surface area contributed by atoms with Crippen molar-refractivity contribution in [3.8, 4) is 0 Å². The van der Waals surface area contributed by atoms with Gasteiger partial charge in [0.2, 0.25) is 0 Å². The van der Waals surface area contributed by atoms with Crippen molar-refractivity contribution in [3.05, 3.63) is 71.8 Å². The Bertz CT molecular complexity index is 844. The Morgan fingerprint density at radius 1 is 0.952 bits per heavy atom. The zero-order valence-corrected chi connectivity index (χ0v) is 12.0. The average molecular weight is 272 g/mol.